The van der Waals surface area contributed by atoms with Crippen molar-refractivity contribution in [2.45, 2.75) is 25.9 Å². The summed E-state index contributed by atoms with van der Waals surface area (Å²) in [5.41, 5.74) is 0. The Bertz CT molecular complexity index is 78.1. The molecule has 1 heterocycles. The number of rotatable bonds is 0. The van der Waals surface area contributed by atoms with E-state index in [1.54, 1.807) is 0 Å². The maximum atomic E-state index is 11.8. The third-order valence-corrected chi connectivity index (χ3v) is 0.849. The lowest BCUT2D eigenvalue weighted by atomic mass is 10.7. The molecule has 0 aliphatic carbocycles. The number of ether oxygens (including phenoxy) is 2. The van der Waals surface area contributed by atoms with Gasteiger partial charge in [0.1, 0.15) is 0 Å². The summed E-state index contributed by atoms with van der Waals surface area (Å²) in [5.74, 6) is 0. The Kier molecular flexibility index (Phi) is 1.44. The molecule has 2 nitrogen and oxygen atoms in total. The van der Waals surface area contributed by atoms with E-state index in [1.165, 1.54) is 6.92 Å². The SMILES string of the molecule is CC1OC(F)C(F)O1. The molecule has 0 aromatic carbocycles. The van der Waals surface area contributed by atoms with Crippen LogP contribution >= 0.6 is 0 Å². The molecule has 1 aliphatic heterocycles. The highest BCUT2D eigenvalue weighted by Gasteiger charge is 2.33. The number of hydrogen-bond donors (Lipinski definition) is 0. The molecule has 2 atom stereocenters. The van der Waals surface area contributed by atoms with Gasteiger partial charge in [-0.2, -0.15) is 0 Å². The van der Waals surface area contributed by atoms with Crippen molar-refractivity contribution in [3.05, 3.63) is 0 Å². The van der Waals surface area contributed by atoms with Crippen molar-refractivity contribution in [2.75, 3.05) is 0 Å². The van der Waals surface area contributed by atoms with Crippen molar-refractivity contribution in [3.8, 4) is 0 Å². The average molecular weight is 124 g/mol. The number of halogens is 2. The minimum absolute atomic E-state index is 0.750. The summed E-state index contributed by atoms with van der Waals surface area (Å²) >= 11 is 0. The third kappa shape index (κ3) is 0.952. The molecule has 1 saturated heterocycles. The van der Waals surface area contributed by atoms with Crippen LogP contribution in [0.3, 0.4) is 0 Å². The standard InChI is InChI=1S/C4H6F2O2/c1-2-7-3(5)4(6)8-2/h2-4H,1H3. The van der Waals surface area contributed by atoms with Gasteiger partial charge in [0, 0.05) is 0 Å². The second kappa shape index (κ2) is 1.95. The van der Waals surface area contributed by atoms with Gasteiger partial charge in [-0.15, -0.1) is 0 Å². The molecule has 8 heavy (non-hydrogen) atoms. The van der Waals surface area contributed by atoms with Crippen LogP contribution in [-0.2, 0) is 9.47 Å². The van der Waals surface area contributed by atoms with Crippen LogP contribution in [0.1, 0.15) is 6.92 Å². The van der Waals surface area contributed by atoms with E-state index < -0.39 is 19.0 Å². The fourth-order valence-corrected chi connectivity index (χ4v) is 0.522. The summed E-state index contributed by atoms with van der Waals surface area (Å²) in [7, 11) is 0. The van der Waals surface area contributed by atoms with Crippen molar-refractivity contribution in [3.63, 3.8) is 0 Å². The smallest absolute Gasteiger partial charge is 0.257 e. The normalized spacial score (nSPS) is 47.6. The summed E-state index contributed by atoms with van der Waals surface area (Å²) < 4.78 is 32.1. The molecule has 0 spiro atoms. The van der Waals surface area contributed by atoms with Gasteiger partial charge in [0.05, 0.1) is 0 Å². The lowest BCUT2D eigenvalue weighted by Gasteiger charge is -1.95. The molecule has 1 aliphatic rings. The van der Waals surface area contributed by atoms with Crippen molar-refractivity contribution in [2.24, 2.45) is 0 Å². The molecule has 0 saturated carbocycles. The molecule has 0 bridgehead atoms. The van der Waals surface area contributed by atoms with Crippen LogP contribution in [0.25, 0.3) is 0 Å². The Labute approximate surface area is 45.4 Å². The van der Waals surface area contributed by atoms with Gasteiger partial charge in [-0.3, -0.25) is 0 Å². The van der Waals surface area contributed by atoms with Crippen LogP contribution in [0.15, 0.2) is 0 Å². The van der Waals surface area contributed by atoms with E-state index in [1.807, 2.05) is 0 Å². The van der Waals surface area contributed by atoms with Crippen LogP contribution in [0, 0.1) is 0 Å². The van der Waals surface area contributed by atoms with E-state index in [2.05, 4.69) is 9.47 Å². The Balaban J connectivity index is 2.39. The van der Waals surface area contributed by atoms with Crippen LogP contribution < -0.4 is 0 Å². The first-order chi connectivity index (χ1) is 3.70. The van der Waals surface area contributed by atoms with Crippen molar-refractivity contribution in [1.82, 2.24) is 0 Å². The Hall–Kier alpha value is -0.220. The predicted octanol–water partition coefficient (Wildman–Crippen LogP) is 0.970. The van der Waals surface area contributed by atoms with Gasteiger partial charge in [0.2, 0.25) is 0 Å². The van der Waals surface area contributed by atoms with Crippen molar-refractivity contribution < 1.29 is 18.3 Å². The van der Waals surface area contributed by atoms with Gasteiger partial charge in [-0.05, 0) is 6.92 Å². The fourth-order valence-electron chi connectivity index (χ4n) is 0.522. The highest BCUT2D eigenvalue weighted by atomic mass is 19.2. The highest BCUT2D eigenvalue weighted by Crippen LogP contribution is 2.19. The Morgan fingerprint density at radius 3 is 1.62 bits per heavy atom. The maximum absolute atomic E-state index is 11.8. The van der Waals surface area contributed by atoms with E-state index in [9.17, 15) is 8.78 Å². The van der Waals surface area contributed by atoms with Gasteiger partial charge >= 0.3 is 0 Å². The quantitative estimate of drug-likeness (QED) is 0.479. The molecule has 1 fully saturated rings. The van der Waals surface area contributed by atoms with E-state index in [4.69, 9.17) is 0 Å². The summed E-state index contributed by atoms with van der Waals surface area (Å²) in [6, 6.07) is 0. The molecule has 1 rings (SSSR count). The predicted molar refractivity (Wildman–Crippen MR) is 21.4 cm³/mol. The lowest BCUT2D eigenvalue weighted by Crippen LogP contribution is -2.09. The van der Waals surface area contributed by atoms with Crippen LogP contribution in [-0.4, -0.2) is 19.0 Å². The second-order valence-electron chi connectivity index (χ2n) is 1.54. The van der Waals surface area contributed by atoms with Gasteiger partial charge in [0.15, 0.2) is 6.29 Å². The topological polar surface area (TPSA) is 18.5 Å². The molecular formula is C4H6F2O2. The first kappa shape index (κ1) is 5.91. The second-order valence-corrected chi connectivity index (χ2v) is 1.54. The minimum atomic E-state index is -1.90. The minimum Gasteiger partial charge on any atom is -0.314 e. The Morgan fingerprint density at radius 1 is 1.12 bits per heavy atom. The molecule has 4 heteroatoms. The average Bonchev–Trinajstić information content (AvgIpc) is 1.85. The first-order valence-corrected chi connectivity index (χ1v) is 2.29. The van der Waals surface area contributed by atoms with Gasteiger partial charge in [-0.1, -0.05) is 0 Å². The summed E-state index contributed by atoms with van der Waals surface area (Å²) in [6.07, 6.45) is -4.55. The Morgan fingerprint density at radius 2 is 1.50 bits per heavy atom. The van der Waals surface area contributed by atoms with Gasteiger partial charge in [0.25, 0.3) is 12.7 Å². The zero-order valence-electron chi connectivity index (χ0n) is 4.30. The molecule has 2 unspecified atom stereocenters. The zero-order chi connectivity index (χ0) is 6.15. The third-order valence-electron chi connectivity index (χ3n) is 0.849. The fraction of sp³-hybridized carbons (Fsp3) is 1.00. The zero-order valence-corrected chi connectivity index (χ0v) is 4.30. The monoisotopic (exact) mass is 124 g/mol. The lowest BCUT2D eigenvalue weighted by molar-refractivity contribution is -0.0768. The van der Waals surface area contributed by atoms with Crippen LogP contribution in [0.5, 0.6) is 0 Å². The van der Waals surface area contributed by atoms with Crippen molar-refractivity contribution >= 4 is 0 Å². The molecular weight excluding hydrogens is 118 g/mol. The summed E-state index contributed by atoms with van der Waals surface area (Å²) in [5, 5.41) is 0. The van der Waals surface area contributed by atoms with E-state index in [0.717, 1.165) is 0 Å². The molecule has 0 aromatic rings. The number of alkyl halides is 2. The summed E-state index contributed by atoms with van der Waals surface area (Å²) in [4.78, 5) is 0. The number of hydrogen-bond acceptors (Lipinski definition) is 2. The first-order valence-electron chi connectivity index (χ1n) is 2.29. The summed E-state index contributed by atoms with van der Waals surface area (Å²) in [6.45, 7) is 1.44. The van der Waals surface area contributed by atoms with E-state index in [0.29, 0.717) is 0 Å². The molecule has 0 amide bonds. The maximum Gasteiger partial charge on any atom is 0.257 e. The van der Waals surface area contributed by atoms with Crippen LogP contribution in [0.4, 0.5) is 8.78 Å². The molecule has 0 radical (unpaired) electrons. The van der Waals surface area contributed by atoms with Gasteiger partial charge < -0.3 is 9.47 Å². The van der Waals surface area contributed by atoms with E-state index >= 15 is 0 Å². The molecule has 0 N–H and O–H groups in total. The van der Waals surface area contributed by atoms with Crippen molar-refractivity contribution in [1.29, 1.82) is 0 Å². The molecule has 48 valence electrons. The molecule has 0 aromatic heterocycles. The van der Waals surface area contributed by atoms with E-state index in [-0.39, 0.29) is 0 Å². The largest absolute Gasteiger partial charge is 0.314 e. The van der Waals surface area contributed by atoms with Gasteiger partial charge in [-0.25, -0.2) is 8.78 Å². The highest BCUT2D eigenvalue weighted by molar-refractivity contribution is 4.54. The van der Waals surface area contributed by atoms with Crippen LogP contribution in [0.2, 0.25) is 0 Å².